The van der Waals surface area contributed by atoms with E-state index in [1.807, 2.05) is 31.2 Å². The Balaban J connectivity index is 2.54. The Kier molecular flexibility index (Phi) is 2.33. The first kappa shape index (κ1) is 9.58. The molecule has 15 heavy (non-hydrogen) atoms. The van der Waals surface area contributed by atoms with Crippen molar-refractivity contribution < 1.29 is 14.6 Å². The van der Waals surface area contributed by atoms with E-state index in [-0.39, 0.29) is 6.54 Å². The molecular weight excluding hydrogens is 192 g/mol. The molecule has 0 fully saturated rings. The van der Waals surface area contributed by atoms with Crippen molar-refractivity contribution in [2.24, 2.45) is 0 Å². The molecule has 1 N–H and O–H groups in total. The zero-order valence-electron chi connectivity index (χ0n) is 8.34. The van der Waals surface area contributed by atoms with Gasteiger partial charge in [0.2, 0.25) is 0 Å². The van der Waals surface area contributed by atoms with E-state index < -0.39 is 5.97 Å². The van der Waals surface area contributed by atoms with Crippen molar-refractivity contribution in [2.45, 2.75) is 13.5 Å². The molecule has 2 rings (SSSR count). The summed E-state index contributed by atoms with van der Waals surface area (Å²) in [5, 5.41) is 13.9. The molecule has 1 aromatic heterocycles. The van der Waals surface area contributed by atoms with Crippen LogP contribution >= 0.6 is 0 Å². The highest BCUT2D eigenvalue weighted by Crippen LogP contribution is 2.12. The van der Waals surface area contributed by atoms with E-state index in [1.54, 1.807) is 6.20 Å². The second kappa shape index (κ2) is 3.65. The zero-order chi connectivity index (χ0) is 10.8. The van der Waals surface area contributed by atoms with Crippen LogP contribution in [0.2, 0.25) is 0 Å². The van der Waals surface area contributed by atoms with Gasteiger partial charge in [-0.2, -0.15) is 0 Å². The molecule has 0 saturated carbocycles. The Hall–Kier alpha value is -1.97. The molecule has 2 aromatic rings. The van der Waals surface area contributed by atoms with E-state index in [1.165, 1.54) is 4.68 Å². The van der Waals surface area contributed by atoms with Gasteiger partial charge >= 0.3 is 5.97 Å². The molecule has 0 bridgehead atoms. The van der Waals surface area contributed by atoms with Crippen molar-refractivity contribution in [3.05, 3.63) is 36.0 Å². The van der Waals surface area contributed by atoms with Crippen molar-refractivity contribution in [2.75, 3.05) is 0 Å². The fourth-order valence-electron chi connectivity index (χ4n) is 1.51. The summed E-state index contributed by atoms with van der Waals surface area (Å²) in [6, 6.07) is 7.75. The largest absolute Gasteiger partial charge is 0.476 e. The highest BCUT2D eigenvalue weighted by molar-refractivity contribution is 5.80. The highest BCUT2D eigenvalue weighted by Gasteiger charge is 2.10. The minimum Gasteiger partial charge on any atom is -0.476 e. The molecule has 0 radical (unpaired) electrons. The summed E-state index contributed by atoms with van der Waals surface area (Å²) < 4.78 is 1.43. The van der Waals surface area contributed by atoms with Crippen molar-refractivity contribution >= 4 is 16.9 Å². The number of rotatable bonds is 2. The number of hydrogen-bond acceptors (Lipinski definition) is 2. The number of carbonyl (C=O) groups is 1. The van der Waals surface area contributed by atoms with Gasteiger partial charge in [0, 0.05) is 16.6 Å². The lowest BCUT2D eigenvalue weighted by Crippen LogP contribution is -2.41. The quantitative estimate of drug-likeness (QED) is 0.738. The van der Waals surface area contributed by atoms with Crippen LogP contribution in [0.15, 0.2) is 30.5 Å². The number of aryl methyl sites for hydroxylation is 1. The standard InChI is InChI=1S/C11H10N2O2/c1-8-3-2-4-9-5-6-13(7-10(14)15)12-11(8)9/h2-6H,7H2,1H3/p+1. The first-order chi connectivity index (χ1) is 7.16. The molecule has 0 aliphatic carbocycles. The van der Waals surface area contributed by atoms with Crippen LogP contribution in [0.4, 0.5) is 0 Å². The lowest BCUT2D eigenvalue weighted by molar-refractivity contribution is -0.741. The third-order valence-corrected chi connectivity index (χ3v) is 2.22. The van der Waals surface area contributed by atoms with E-state index in [9.17, 15) is 4.79 Å². The van der Waals surface area contributed by atoms with E-state index in [2.05, 4.69) is 5.10 Å². The van der Waals surface area contributed by atoms with Crippen LogP contribution in [0.3, 0.4) is 0 Å². The molecule has 0 saturated heterocycles. The Labute approximate surface area is 86.8 Å². The molecule has 1 aromatic carbocycles. The summed E-state index contributed by atoms with van der Waals surface area (Å²) in [5.74, 6) is -0.888. The molecule has 76 valence electrons. The zero-order valence-corrected chi connectivity index (χ0v) is 8.34. The summed E-state index contributed by atoms with van der Waals surface area (Å²) in [6.45, 7) is 1.85. The van der Waals surface area contributed by atoms with Crippen LogP contribution in [0.25, 0.3) is 10.9 Å². The van der Waals surface area contributed by atoms with Gasteiger partial charge in [0.25, 0.3) is 6.54 Å². The summed E-state index contributed by atoms with van der Waals surface area (Å²) in [5.41, 5.74) is 1.90. The Morgan fingerprint density at radius 2 is 2.27 bits per heavy atom. The fourth-order valence-corrected chi connectivity index (χ4v) is 1.51. The van der Waals surface area contributed by atoms with Crippen molar-refractivity contribution in [3.8, 4) is 0 Å². The third kappa shape index (κ3) is 1.93. The Bertz CT molecular complexity index is 523. The minimum atomic E-state index is -0.888. The maximum Gasteiger partial charge on any atom is 0.372 e. The molecule has 0 aliphatic heterocycles. The maximum atomic E-state index is 10.5. The number of nitrogens with zero attached hydrogens (tertiary/aromatic N) is 2. The van der Waals surface area contributed by atoms with Crippen molar-refractivity contribution in [3.63, 3.8) is 0 Å². The Morgan fingerprint density at radius 1 is 1.47 bits per heavy atom. The first-order valence-corrected chi connectivity index (χ1v) is 4.65. The van der Waals surface area contributed by atoms with E-state index >= 15 is 0 Å². The monoisotopic (exact) mass is 203 g/mol. The van der Waals surface area contributed by atoms with Gasteiger partial charge in [0.05, 0.1) is 0 Å². The molecule has 4 heteroatoms. The van der Waals surface area contributed by atoms with Gasteiger partial charge in [0.1, 0.15) is 5.52 Å². The molecule has 4 nitrogen and oxygen atoms in total. The number of aliphatic carboxylic acids is 1. The van der Waals surface area contributed by atoms with E-state index in [4.69, 9.17) is 5.11 Å². The van der Waals surface area contributed by atoms with Gasteiger partial charge in [-0.25, -0.2) is 4.79 Å². The predicted molar refractivity (Wildman–Crippen MR) is 54.3 cm³/mol. The fraction of sp³-hybridized carbons (Fsp3) is 0.182. The summed E-state index contributed by atoms with van der Waals surface area (Å²) >= 11 is 0. The summed E-state index contributed by atoms with van der Waals surface area (Å²) in [4.78, 5) is 10.5. The molecule has 0 amide bonds. The van der Waals surface area contributed by atoms with Crippen LogP contribution in [0.1, 0.15) is 5.56 Å². The minimum absolute atomic E-state index is 0.107. The summed E-state index contributed by atoms with van der Waals surface area (Å²) in [7, 11) is 0. The van der Waals surface area contributed by atoms with Gasteiger partial charge in [-0.1, -0.05) is 22.9 Å². The van der Waals surface area contributed by atoms with Crippen molar-refractivity contribution in [1.82, 2.24) is 5.10 Å². The second-order valence-corrected chi connectivity index (χ2v) is 3.42. The van der Waals surface area contributed by atoms with Crippen LogP contribution in [0, 0.1) is 6.92 Å². The van der Waals surface area contributed by atoms with Gasteiger partial charge in [-0.15, -0.1) is 0 Å². The second-order valence-electron chi connectivity index (χ2n) is 3.42. The smallest absolute Gasteiger partial charge is 0.372 e. The van der Waals surface area contributed by atoms with Crippen LogP contribution in [-0.2, 0) is 11.3 Å². The third-order valence-electron chi connectivity index (χ3n) is 2.22. The van der Waals surface area contributed by atoms with E-state index in [0.717, 1.165) is 16.5 Å². The van der Waals surface area contributed by atoms with Gasteiger partial charge in [-0.05, 0) is 12.5 Å². The molecule has 0 spiro atoms. The summed E-state index contributed by atoms with van der Waals surface area (Å²) in [6.07, 6.45) is 1.68. The molecular formula is C11H11N2O2+. The lowest BCUT2D eigenvalue weighted by Gasteiger charge is -1.97. The van der Waals surface area contributed by atoms with Gasteiger partial charge in [-0.3, -0.25) is 0 Å². The lowest BCUT2D eigenvalue weighted by atomic mass is 10.1. The average Bonchev–Trinajstić information content (AvgIpc) is 2.18. The van der Waals surface area contributed by atoms with E-state index in [0.29, 0.717) is 0 Å². The SMILES string of the molecule is Cc1cccc2cc[n+](CC(=O)O)nc12. The number of hydrogen-bond donors (Lipinski definition) is 1. The van der Waals surface area contributed by atoms with Crippen molar-refractivity contribution in [1.29, 1.82) is 0 Å². The molecule has 1 heterocycles. The van der Waals surface area contributed by atoms with Crippen LogP contribution in [0.5, 0.6) is 0 Å². The van der Waals surface area contributed by atoms with Crippen LogP contribution in [-0.4, -0.2) is 16.2 Å². The number of carboxylic acids is 1. The Morgan fingerprint density at radius 3 is 3.00 bits per heavy atom. The van der Waals surface area contributed by atoms with Gasteiger partial charge < -0.3 is 5.11 Å². The maximum absolute atomic E-state index is 10.5. The molecule has 0 aliphatic rings. The molecule has 0 atom stereocenters. The predicted octanol–water partition coefficient (Wildman–Crippen LogP) is 0.915. The first-order valence-electron chi connectivity index (χ1n) is 4.65. The number of aromatic nitrogens is 2. The highest BCUT2D eigenvalue weighted by atomic mass is 16.4. The van der Waals surface area contributed by atoms with Gasteiger partial charge in [0.15, 0.2) is 6.20 Å². The topological polar surface area (TPSA) is 54.1 Å². The number of benzene rings is 1. The molecule has 0 unspecified atom stereocenters. The normalized spacial score (nSPS) is 10.5. The average molecular weight is 203 g/mol. The number of fused-ring (bicyclic) bond motifs is 1. The van der Waals surface area contributed by atoms with Crippen LogP contribution < -0.4 is 4.68 Å². The number of carboxylic acid groups (broad SMARTS) is 1.